The van der Waals surface area contributed by atoms with E-state index in [1.807, 2.05) is 53.6 Å². The number of aryl methyl sites for hydroxylation is 2. The van der Waals surface area contributed by atoms with E-state index < -0.39 is 0 Å². The van der Waals surface area contributed by atoms with Gasteiger partial charge in [-0.25, -0.2) is 0 Å². The van der Waals surface area contributed by atoms with E-state index in [2.05, 4.69) is 10.2 Å². The molecule has 6 nitrogen and oxygen atoms in total. The number of piperidine rings is 1. The molecular formula is C18H20N4O2. The summed E-state index contributed by atoms with van der Waals surface area (Å²) in [6.07, 6.45) is 3.80. The van der Waals surface area contributed by atoms with Gasteiger partial charge in [0.1, 0.15) is 17.3 Å². The molecule has 3 aromatic heterocycles. The lowest BCUT2D eigenvalue weighted by molar-refractivity contribution is 0.0709. The van der Waals surface area contributed by atoms with Crippen molar-refractivity contribution in [1.29, 1.82) is 0 Å². The van der Waals surface area contributed by atoms with Crippen molar-refractivity contribution in [2.45, 2.75) is 32.6 Å². The lowest BCUT2D eigenvalue weighted by Crippen LogP contribution is -2.38. The van der Waals surface area contributed by atoms with Gasteiger partial charge in [-0.2, -0.15) is 0 Å². The minimum Gasteiger partial charge on any atom is -0.466 e. The number of likely N-dealkylation sites (tertiary alicyclic amines) is 1. The maximum Gasteiger partial charge on any atom is 0.257 e. The molecule has 0 aromatic carbocycles. The molecule has 1 aliphatic rings. The summed E-state index contributed by atoms with van der Waals surface area (Å²) in [5, 5.41) is 8.59. The summed E-state index contributed by atoms with van der Waals surface area (Å²) in [6, 6.07) is 7.74. The van der Waals surface area contributed by atoms with Crippen molar-refractivity contribution in [3.63, 3.8) is 0 Å². The van der Waals surface area contributed by atoms with Crippen LogP contribution in [-0.4, -0.2) is 38.5 Å². The summed E-state index contributed by atoms with van der Waals surface area (Å²) in [5.41, 5.74) is 1.55. The third-order valence-corrected chi connectivity index (χ3v) is 4.76. The first kappa shape index (κ1) is 14.9. The Morgan fingerprint density at radius 3 is 2.71 bits per heavy atom. The number of pyridine rings is 1. The SMILES string of the molecule is Cc1cc(C(=O)N2CCC(c3nnc4ccccn34)CC2)c(C)o1. The number of carbonyl (C=O) groups excluding carboxylic acids is 1. The van der Waals surface area contributed by atoms with Crippen LogP contribution in [0, 0.1) is 13.8 Å². The largest absolute Gasteiger partial charge is 0.466 e. The van der Waals surface area contributed by atoms with E-state index in [9.17, 15) is 4.79 Å². The summed E-state index contributed by atoms with van der Waals surface area (Å²) < 4.78 is 7.53. The summed E-state index contributed by atoms with van der Waals surface area (Å²) in [7, 11) is 0. The molecular weight excluding hydrogens is 304 g/mol. The fourth-order valence-electron chi connectivity index (χ4n) is 3.49. The summed E-state index contributed by atoms with van der Waals surface area (Å²) in [5.74, 6) is 2.87. The highest BCUT2D eigenvalue weighted by atomic mass is 16.3. The highest BCUT2D eigenvalue weighted by molar-refractivity contribution is 5.95. The van der Waals surface area contributed by atoms with Crippen LogP contribution in [0.1, 0.15) is 46.5 Å². The van der Waals surface area contributed by atoms with Crippen molar-refractivity contribution in [2.75, 3.05) is 13.1 Å². The normalized spacial score (nSPS) is 16.0. The first-order valence-electron chi connectivity index (χ1n) is 8.29. The molecule has 124 valence electrons. The Morgan fingerprint density at radius 2 is 2.00 bits per heavy atom. The molecule has 0 atom stereocenters. The number of hydrogen-bond donors (Lipinski definition) is 0. The number of rotatable bonds is 2. The van der Waals surface area contributed by atoms with Crippen LogP contribution in [0.2, 0.25) is 0 Å². The van der Waals surface area contributed by atoms with Gasteiger partial charge < -0.3 is 9.32 Å². The van der Waals surface area contributed by atoms with Crippen LogP contribution in [0.25, 0.3) is 5.65 Å². The number of aromatic nitrogens is 3. The molecule has 1 fully saturated rings. The standard InChI is InChI=1S/C18H20N4O2/c1-12-11-15(13(2)24-12)18(23)21-9-6-14(7-10-21)17-20-19-16-5-3-4-8-22(16)17/h3-5,8,11,14H,6-7,9-10H2,1-2H3. The van der Waals surface area contributed by atoms with E-state index in [-0.39, 0.29) is 5.91 Å². The molecule has 4 heterocycles. The zero-order valence-corrected chi connectivity index (χ0v) is 13.9. The van der Waals surface area contributed by atoms with E-state index in [0.29, 0.717) is 17.2 Å². The van der Waals surface area contributed by atoms with E-state index in [4.69, 9.17) is 4.42 Å². The fourth-order valence-corrected chi connectivity index (χ4v) is 3.49. The first-order valence-corrected chi connectivity index (χ1v) is 8.29. The Kier molecular flexibility index (Phi) is 3.59. The predicted molar refractivity (Wildman–Crippen MR) is 89.0 cm³/mol. The summed E-state index contributed by atoms with van der Waals surface area (Å²) >= 11 is 0. The smallest absolute Gasteiger partial charge is 0.257 e. The highest BCUT2D eigenvalue weighted by Gasteiger charge is 2.28. The maximum absolute atomic E-state index is 12.7. The molecule has 0 radical (unpaired) electrons. The molecule has 0 bridgehead atoms. The molecule has 0 spiro atoms. The Balaban J connectivity index is 1.49. The molecule has 0 saturated carbocycles. The molecule has 1 aliphatic heterocycles. The Labute approximate surface area is 140 Å². The number of hydrogen-bond acceptors (Lipinski definition) is 4. The quantitative estimate of drug-likeness (QED) is 0.727. The monoisotopic (exact) mass is 324 g/mol. The first-order chi connectivity index (χ1) is 11.6. The molecule has 0 N–H and O–H groups in total. The third-order valence-electron chi connectivity index (χ3n) is 4.76. The molecule has 4 rings (SSSR count). The van der Waals surface area contributed by atoms with Gasteiger partial charge in [0.15, 0.2) is 5.65 Å². The second kappa shape index (κ2) is 5.78. The molecule has 3 aromatic rings. The molecule has 24 heavy (non-hydrogen) atoms. The van der Waals surface area contributed by atoms with E-state index >= 15 is 0 Å². The van der Waals surface area contributed by atoms with Gasteiger partial charge in [-0.15, -0.1) is 10.2 Å². The zero-order valence-electron chi connectivity index (χ0n) is 13.9. The van der Waals surface area contributed by atoms with Gasteiger partial charge in [-0.05, 0) is 44.9 Å². The van der Waals surface area contributed by atoms with Gasteiger partial charge >= 0.3 is 0 Å². The second-order valence-electron chi connectivity index (χ2n) is 6.38. The number of amides is 1. The van der Waals surface area contributed by atoms with Gasteiger partial charge in [-0.3, -0.25) is 9.20 Å². The number of carbonyl (C=O) groups is 1. The van der Waals surface area contributed by atoms with E-state index in [1.54, 1.807) is 0 Å². The topological polar surface area (TPSA) is 63.6 Å². The lowest BCUT2D eigenvalue weighted by atomic mass is 9.95. The lowest BCUT2D eigenvalue weighted by Gasteiger charge is -2.31. The number of furan rings is 1. The van der Waals surface area contributed by atoms with E-state index in [1.165, 1.54) is 0 Å². The van der Waals surface area contributed by atoms with E-state index in [0.717, 1.165) is 43.2 Å². The van der Waals surface area contributed by atoms with Gasteiger partial charge in [0.2, 0.25) is 0 Å². The molecule has 0 aliphatic carbocycles. The van der Waals surface area contributed by atoms with Gasteiger partial charge in [0.05, 0.1) is 5.56 Å². The van der Waals surface area contributed by atoms with Gasteiger partial charge in [0, 0.05) is 25.2 Å². The van der Waals surface area contributed by atoms with Crippen molar-refractivity contribution < 1.29 is 9.21 Å². The van der Waals surface area contributed by atoms with Crippen LogP contribution < -0.4 is 0 Å². The fraction of sp³-hybridized carbons (Fsp3) is 0.389. The average Bonchev–Trinajstić information content (AvgIpc) is 3.17. The molecule has 0 unspecified atom stereocenters. The van der Waals surface area contributed by atoms with Crippen LogP contribution >= 0.6 is 0 Å². The summed E-state index contributed by atoms with van der Waals surface area (Å²) in [6.45, 7) is 5.17. The number of fused-ring (bicyclic) bond motifs is 1. The maximum atomic E-state index is 12.7. The minimum absolute atomic E-state index is 0.0638. The van der Waals surface area contributed by atoms with Crippen molar-refractivity contribution in [2.24, 2.45) is 0 Å². The zero-order chi connectivity index (χ0) is 16.7. The Morgan fingerprint density at radius 1 is 1.21 bits per heavy atom. The molecule has 1 amide bonds. The third kappa shape index (κ3) is 2.48. The van der Waals surface area contributed by atoms with Crippen LogP contribution in [0.15, 0.2) is 34.9 Å². The van der Waals surface area contributed by atoms with Crippen LogP contribution in [-0.2, 0) is 0 Å². The van der Waals surface area contributed by atoms with Crippen molar-refractivity contribution >= 4 is 11.6 Å². The summed E-state index contributed by atoms with van der Waals surface area (Å²) in [4.78, 5) is 14.6. The molecule has 6 heteroatoms. The Bertz CT molecular complexity index is 887. The van der Waals surface area contributed by atoms with Crippen LogP contribution in [0.5, 0.6) is 0 Å². The minimum atomic E-state index is 0.0638. The van der Waals surface area contributed by atoms with Crippen LogP contribution in [0.3, 0.4) is 0 Å². The second-order valence-corrected chi connectivity index (χ2v) is 6.38. The highest BCUT2D eigenvalue weighted by Crippen LogP contribution is 2.28. The van der Waals surface area contributed by atoms with Crippen molar-refractivity contribution in [3.05, 3.63) is 53.4 Å². The van der Waals surface area contributed by atoms with Crippen LogP contribution in [0.4, 0.5) is 0 Å². The predicted octanol–water partition coefficient (Wildman–Crippen LogP) is 2.96. The Hall–Kier alpha value is -2.63. The molecule has 1 saturated heterocycles. The van der Waals surface area contributed by atoms with Crippen molar-refractivity contribution in [1.82, 2.24) is 19.5 Å². The number of nitrogens with zero attached hydrogens (tertiary/aromatic N) is 4. The van der Waals surface area contributed by atoms with Gasteiger partial charge in [0.25, 0.3) is 5.91 Å². The van der Waals surface area contributed by atoms with Gasteiger partial charge in [-0.1, -0.05) is 6.07 Å². The average molecular weight is 324 g/mol. The van der Waals surface area contributed by atoms with Crippen molar-refractivity contribution in [3.8, 4) is 0 Å².